The molecule has 0 unspecified atom stereocenters. The van der Waals surface area contributed by atoms with E-state index in [2.05, 4.69) is 10.3 Å². The van der Waals surface area contributed by atoms with Crippen molar-refractivity contribution in [3.05, 3.63) is 66.5 Å². The van der Waals surface area contributed by atoms with Crippen LogP contribution in [0.1, 0.15) is 30.6 Å². The van der Waals surface area contributed by atoms with Gasteiger partial charge in [0.05, 0.1) is 23.6 Å². The lowest BCUT2D eigenvalue weighted by atomic mass is 10.2. The largest absolute Gasteiger partial charge is 0.462 e. The summed E-state index contributed by atoms with van der Waals surface area (Å²) in [5.41, 5.74) is 0.818. The maximum atomic E-state index is 13.4. The van der Waals surface area contributed by atoms with E-state index in [4.69, 9.17) is 4.74 Å². The summed E-state index contributed by atoms with van der Waals surface area (Å²) in [5.74, 6) is -0.927. The van der Waals surface area contributed by atoms with Crippen molar-refractivity contribution in [2.45, 2.75) is 25.2 Å². The molecule has 0 saturated carbocycles. The molecular weight excluding hydrogens is 430 g/mol. The van der Waals surface area contributed by atoms with E-state index >= 15 is 0 Å². The average Bonchev–Trinajstić information content (AvgIpc) is 2.79. The normalized spacial score (nSPS) is 11.5. The topological polar surface area (TPSA) is 106 Å². The van der Waals surface area contributed by atoms with E-state index in [0.29, 0.717) is 28.4 Å². The first-order valence-corrected chi connectivity index (χ1v) is 11.7. The number of hydrogen-bond acceptors (Lipinski definition) is 6. The maximum Gasteiger partial charge on any atom is 0.338 e. The van der Waals surface area contributed by atoms with Crippen LogP contribution in [0.3, 0.4) is 0 Å². The van der Waals surface area contributed by atoms with Crippen LogP contribution < -0.4 is 5.32 Å². The van der Waals surface area contributed by atoms with E-state index in [1.54, 1.807) is 43.5 Å². The Bertz CT molecular complexity index is 1200. The van der Waals surface area contributed by atoms with Gasteiger partial charge in [-0.3, -0.25) is 9.78 Å². The number of amides is 1. The van der Waals surface area contributed by atoms with Crippen LogP contribution in [0.25, 0.3) is 10.8 Å². The molecule has 0 fully saturated rings. The number of anilines is 1. The highest BCUT2D eigenvalue weighted by Crippen LogP contribution is 2.25. The van der Waals surface area contributed by atoms with Gasteiger partial charge in [0.2, 0.25) is 15.9 Å². The summed E-state index contributed by atoms with van der Waals surface area (Å²) in [4.78, 5) is 28.6. The van der Waals surface area contributed by atoms with Gasteiger partial charge < -0.3 is 10.1 Å². The number of nitrogens with zero attached hydrogens (tertiary/aromatic N) is 2. The minimum Gasteiger partial charge on any atom is -0.462 e. The van der Waals surface area contributed by atoms with Crippen molar-refractivity contribution in [3.8, 4) is 0 Å². The van der Waals surface area contributed by atoms with Crippen LogP contribution >= 0.6 is 0 Å². The molecule has 9 heteroatoms. The fourth-order valence-corrected chi connectivity index (χ4v) is 4.96. The lowest BCUT2D eigenvalue weighted by Gasteiger charge is -2.22. The zero-order chi connectivity index (χ0) is 23.1. The molecule has 1 heterocycles. The van der Waals surface area contributed by atoms with Crippen LogP contribution in [0, 0.1) is 0 Å². The van der Waals surface area contributed by atoms with Crippen molar-refractivity contribution in [2.24, 2.45) is 0 Å². The number of aromatic nitrogens is 1. The second-order valence-corrected chi connectivity index (χ2v) is 8.94. The molecule has 0 aliphatic rings. The molecule has 0 spiro atoms. The average molecular weight is 456 g/mol. The van der Waals surface area contributed by atoms with Crippen molar-refractivity contribution >= 4 is 38.4 Å². The smallest absolute Gasteiger partial charge is 0.338 e. The van der Waals surface area contributed by atoms with Gasteiger partial charge in [0, 0.05) is 35.4 Å². The highest BCUT2D eigenvalue weighted by atomic mass is 32.2. The molecule has 0 aliphatic carbocycles. The highest BCUT2D eigenvalue weighted by Gasteiger charge is 2.27. The number of benzene rings is 2. The lowest BCUT2D eigenvalue weighted by molar-refractivity contribution is -0.116. The number of nitrogens with one attached hydrogen (secondary N) is 1. The van der Waals surface area contributed by atoms with E-state index in [1.807, 2.05) is 6.92 Å². The number of hydrogen-bond donors (Lipinski definition) is 1. The Kier molecular flexibility index (Phi) is 7.55. The van der Waals surface area contributed by atoms with Crippen molar-refractivity contribution in [3.63, 3.8) is 0 Å². The second-order valence-electron chi connectivity index (χ2n) is 7.04. The number of fused-ring (bicyclic) bond motifs is 1. The Balaban J connectivity index is 1.78. The molecule has 168 valence electrons. The number of carbonyl (C=O) groups is 2. The van der Waals surface area contributed by atoms with Gasteiger partial charge >= 0.3 is 5.97 Å². The van der Waals surface area contributed by atoms with E-state index < -0.39 is 21.9 Å². The van der Waals surface area contributed by atoms with Gasteiger partial charge in [-0.25, -0.2) is 13.2 Å². The van der Waals surface area contributed by atoms with Gasteiger partial charge in [0.1, 0.15) is 0 Å². The van der Waals surface area contributed by atoms with Crippen LogP contribution in [-0.4, -0.2) is 49.3 Å². The van der Waals surface area contributed by atoms with Gasteiger partial charge in [0.25, 0.3) is 0 Å². The quantitative estimate of drug-likeness (QED) is 0.496. The molecule has 0 atom stereocenters. The molecule has 0 aliphatic heterocycles. The molecule has 1 aromatic heterocycles. The van der Waals surface area contributed by atoms with Crippen LogP contribution in [0.2, 0.25) is 0 Å². The molecule has 0 bridgehead atoms. The first kappa shape index (κ1) is 23.4. The third kappa shape index (κ3) is 5.30. The molecule has 1 amide bonds. The number of pyridine rings is 1. The number of sulfonamides is 1. The molecular formula is C23H25N3O5S. The van der Waals surface area contributed by atoms with Gasteiger partial charge in [-0.05, 0) is 49.7 Å². The summed E-state index contributed by atoms with van der Waals surface area (Å²) in [5, 5.41) is 3.94. The molecule has 0 radical (unpaired) electrons. The van der Waals surface area contributed by atoms with Gasteiger partial charge in [0.15, 0.2) is 0 Å². The molecule has 2 aromatic carbocycles. The summed E-state index contributed by atoms with van der Waals surface area (Å²) in [7, 11) is -3.92. The summed E-state index contributed by atoms with van der Waals surface area (Å²) in [6.07, 6.45) is 3.69. The van der Waals surface area contributed by atoms with E-state index in [9.17, 15) is 18.0 Å². The number of carbonyl (C=O) groups excluding carboxylic acids is 2. The Hall–Kier alpha value is -3.30. The Labute approximate surface area is 187 Å². The van der Waals surface area contributed by atoms with E-state index in [0.717, 1.165) is 0 Å². The predicted molar refractivity (Wildman–Crippen MR) is 122 cm³/mol. The van der Waals surface area contributed by atoms with Gasteiger partial charge in [-0.15, -0.1) is 0 Å². The third-order valence-corrected chi connectivity index (χ3v) is 6.63. The van der Waals surface area contributed by atoms with Crippen LogP contribution in [0.5, 0.6) is 0 Å². The standard InChI is InChI=1S/C23H25N3O5S/c1-3-14-26(32(29,30)21-7-5-6-18-15-24-13-12-20(18)21)16-22(27)25-19-10-8-17(9-11-19)23(28)31-4-2/h5-13,15H,3-4,14,16H2,1-2H3,(H,25,27). The molecule has 3 aromatic rings. The van der Waals surface area contributed by atoms with Crippen LogP contribution in [-0.2, 0) is 19.6 Å². The van der Waals surface area contributed by atoms with Crippen molar-refractivity contribution < 1.29 is 22.7 Å². The number of rotatable bonds is 9. The molecule has 3 rings (SSSR count). The molecule has 32 heavy (non-hydrogen) atoms. The zero-order valence-corrected chi connectivity index (χ0v) is 18.8. The number of esters is 1. The maximum absolute atomic E-state index is 13.4. The fourth-order valence-electron chi connectivity index (χ4n) is 3.26. The van der Waals surface area contributed by atoms with E-state index in [1.165, 1.54) is 28.7 Å². The Morgan fingerprint density at radius 3 is 2.50 bits per heavy atom. The second kappa shape index (κ2) is 10.3. The summed E-state index contributed by atoms with van der Waals surface area (Å²) in [6.45, 7) is 3.70. The third-order valence-electron chi connectivity index (χ3n) is 4.73. The summed E-state index contributed by atoms with van der Waals surface area (Å²) in [6, 6.07) is 12.9. The number of ether oxygens (including phenoxy) is 1. The van der Waals surface area contributed by atoms with Crippen molar-refractivity contribution in [2.75, 3.05) is 25.0 Å². The summed E-state index contributed by atoms with van der Waals surface area (Å²) < 4.78 is 32.9. The van der Waals surface area contributed by atoms with Crippen molar-refractivity contribution in [1.82, 2.24) is 9.29 Å². The molecule has 8 nitrogen and oxygen atoms in total. The fraction of sp³-hybridized carbons (Fsp3) is 0.261. The van der Waals surface area contributed by atoms with Crippen LogP contribution in [0.15, 0.2) is 65.8 Å². The molecule has 1 N–H and O–H groups in total. The Morgan fingerprint density at radius 2 is 1.81 bits per heavy atom. The first-order valence-electron chi connectivity index (χ1n) is 10.3. The van der Waals surface area contributed by atoms with E-state index in [-0.39, 0.29) is 24.6 Å². The zero-order valence-electron chi connectivity index (χ0n) is 17.9. The predicted octanol–water partition coefficient (Wildman–Crippen LogP) is 3.45. The monoisotopic (exact) mass is 455 g/mol. The first-order chi connectivity index (χ1) is 15.4. The van der Waals surface area contributed by atoms with Gasteiger partial charge in [-0.2, -0.15) is 4.31 Å². The highest BCUT2D eigenvalue weighted by molar-refractivity contribution is 7.89. The summed E-state index contributed by atoms with van der Waals surface area (Å²) >= 11 is 0. The van der Waals surface area contributed by atoms with Gasteiger partial charge in [-0.1, -0.05) is 19.1 Å². The molecule has 0 saturated heterocycles. The Morgan fingerprint density at radius 1 is 1.06 bits per heavy atom. The minimum absolute atomic E-state index is 0.137. The lowest BCUT2D eigenvalue weighted by Crippen LogP contribution is -2.38. The van der Waals surface area contributed by atoms with Crippen molar-refractivity contribution in [1.29, 1.82) is 0 Å². The van der Waals surface area contributed by atoms with Crippen LogP contribution in [0.4, 0.5) is 5.69 Å². The SMILES string of the molecule is CCCN(CC(=O)Nc1ccc(C(=O)OCC)cc1)S(=O)(=O)c1cccc2cnccc12. The minimum atomic E-state index is -3.92.